The van der Waals surface area contributed by atoms with Crippen LogP contribution in [0.1, 0.15) is 18.7 Å². The average Bonchev–Trinajstić information content (AvgIpc) is 2.71. The molecule has 0 amide bonds. The molecule has 2 rings (SSSR count). The molecule has 0 aliphatic carbocycles. The Morgan fingerprint density at radius 2 is 2.62 bits per heavy atom. The van der Waals surface area contributed by atoms with Crippen molar-refractivity contribution in [3.63, 3.8) is 0 Å². The summed E-state index contributed by atoms with van der Waals surface area (Å²) in [6, 6.07) is 0. The fourth-order valence-electron chi connectivity index (χ4n) is 1.64. The van der Waals surface area contributed by atoms with Crippen molar-refractivity contribution in [3.8, 4) is 0 Å². The van der Waals surface area contributed by atoms with E-state index in [1.165, 1.54) is 6.33 Å². The van der Waals surface area contributed by atoms with Gasteiger partial charge in [0, 0.05) is 19.7 Å². The van der Waals surface area contributed by atoms with Gasteiger partial charge in [0.05, 0.1) is 12.0 Å². The van der Waals surface area contributed by atoms with E-state index in [0.29, 0.717) is 5.89 Å². The highest BCUT2D eigenvalue weighted by Gasteiger charge is 2.32. The Morgan fingerprint density at radius 3 is 3.31 bits per heavy atom. The fourth-order valence-corrected chi connectivity index (χ4v) is 1.64. The molecule has 2 heterocycles. The Morgan fingerprint density at radius 1 is 1.69 bits per heavy atom. The largest absolute Gasteiger partial charge is 0.376 e. The molecule has 0 bridgehead atoms. The molecule has 1 fully saturated rings. The van der Waals surface area contributed by atoms with E-state index in [0.717, 1.165) is 19.7 Å². The Hall–Kier alpha value is -0.940. The topological polar surface area (TPSA) is 60.2 Å². The molecular formula is C8H13N3O2. The molecule has 5 nitrogen and oxygen atoms in total. The van der Waals surface area contributed by atoms with Gasteiger partial charge in [-0.15, -0.1) is 0 Å². The smallest absolute Gasteiger partial charge is 0.233 e. The lowest BCUT2D eigenvalue weighted by Gasteiger charge is -2.14. The quantitative estimate of drug-likeness (QED) is 0.723. The van der Waals surface area contributed by atoms with Crippen LogP contribution in [0.3, 0.4) is 0 Å². The zero-order valence-electron chi connectivity index (χ0n) is 7.56. The molecule has 1 saturated heterocycles. The first-order chi connectivity index (χ1) is 6.42. The number of ether oxygens (including phenoxy) is 1. The van der Waals surface area contributed by atoms with E-state index in [4.69, 9.17) is 9.26 Å². The first kappa shape index (κ1) is 8.65. The van der Waals surface area contributed by atoms with Crippen LogP contribution in [-0.2, 0) is 4.74 Å². The van der Waals surface area contributed by atoms with Gasteiger partial charge >= 0.3 is 0 Å². The number of aromatic nitrogens is 2. The van der Waals surface area contributed by atoms with E-state index >= 15 is 0 Å². The molecule has 2 unspecified atom stereocenters. The molecule has 0 spiro atoms. The van der Waals surface area contributed by atoms with Crippen molar-refractivity contribution in [2.24, 2.45) is 0 Å². The molecule has 1 aliphatic heterocycles. The van der Waals surface area contributed by atoms with Crippen LogP contribution in [0.25, 0.3) is 0 Å². The second-order valence-electron chi connectivity index (χ2n) is 3.04. The van der Waals surface area contributed by atoms with Crippen molar-refractivity contribution in [1.82, 2.24) is 15.5 Å². The van der Waals surface area contributed by atoms with Gasteiger partial charge in [-0.25, -0.2) is 0 Å². The van der Waals surface area contributed by atoms with Crippen molar-refractivity contribution in [3.05, 3.63) is 12.2 Å². The third kappa shape index (κ3) is 1.71. The highest BCUT2D eigenvalue weighted by Crippen LogP contribution is 2.22. The molecule has 5 heteroatoms. The molecule has 1 aliphatic rings. The van der Waals surface area contributed by atoms with Crippen LogP contribution in [0.5, 0.6) is 0 Å². The molecule has 0 radical (unpaired) electrons. The second-order valence-corrected chi connectivity index (χ2v) is 3.04. The van der Waals surface area contributed by atoms with Crippen LogP contribution in [0.2, 0.25) is 0 Å². The Bertz CT molecular complexity index is 250. The minimum atomic E-state index is 0.172. The lowest BCUT2D eigenvalue weighted by atomic mass is 10.1. The summed E-state index contributed by atoms with van der Waals surface area (Å²) >= 11 is 0. The van der Waals surface area contributed by atoms with Crippen molar-refractivity contribution in [2.45, 2.75) is 18.9 Å². The number of rotatable bonds is 3. The van der Waals surface area contributed by atoms with Gasteiger partial charge in [0.2, 0.25) is 5.89 Å². The highest BCUT2D eigenvalue weighted by atomic mass is 16.5. The zero-order chi connectivity index (χ0) is 9.10. The standard InChI is InChI=1S/C8H13N3O2/c1-2-12-7-4-9-3-6(7)8-10-5-11-13-8/h5-7,9H,2-4H2,1H3. The van der Waals surface area contributed by atoms with E-state index in [2.05, 4.69) is 15.5 Å². The molecule has 1 aromatic rings. The first-order valence-electron chi connectivity index (χ1n) is 4.50. The third-order valence-electron chi connectivity index (χ3n) is 2.23. The van der Waals surface area contributed by atoms with E-state index in [9.17, 15) is 0 Å². The van der Waals surface area contributed by atoms with Crippen LogP contribution < -0.4 is 5.32 Å². The van der Waals surface area contributed by atoms with Crippen LogP contribution in [-0.4, -0.2) is 35.9 Å². The van der Waals surface area contributed by atoms with Crippen LogP contribution in [0.15, 0.2) is 10.9 Å². The SMILES string of the molecule is CCOC1CNCC1c1ncno1. The van der Waals surface area contributed by atoms with Gasteiger partial charge in [0.1, 0.15) is 0 Å². The van der Waals surface area contributed by atoms with Crippen molar-refractivity contribution >= 4 is 0 Å². The summed E-state index contributed by atoms with van der Waals surface area (Å²) in [7, 11) is 0. The summed E-state index contributed by atoms with van der Waals surface area (Å²) < 4.78 is 10.6. The number of hydrogen-bond acceptors (Lipinski definition) is 5. The highest BCUT2D eigenvalue weighted by molar-refractivity contribution is 5.00. The minimum Gasteiger partial charge on any atom is -0.376 e. The van der Waals surface area contributed by atoms with E-state index in [1.807, 2.05) is 6.92 Å². The molecule has 13 heavy (non-hydrogen) atoms. The summed E-state index contributed by atoms with van der Waals surface area (Å²) in [6.07, 6.45) is 1.60. The maximum absolute atomic E-state index is 5.55. The van der Waals surface area contributed by atoms with E-state index < -0.39 is 0 Å². The Kier molecular flexibility index (Phi) is 2.56. The summed E-state index contributed by atoms with van der Waals surface area (Å²) in [5.41, 5.74) is 0. The molecular weight excluding hydrogens is 170 g/mol. The van der Waals surface area contributed by atoms with Crippen molar-refractivity contribution in [2.75, 3.05) is 19.7 Å². The minimum absolute atomic E-state index is 0.172. The van der Waals surface area contributed by atoms with Crippen LogP contribution >= 0.6 is 0 Å². The zero-order valence-corrected chi connectivity index (χ0v) is 7.56. The molecule has 1 aromatic heterocycles. The van der Waals surface area contributed by atoms with Gasteiger partial charge in [-0.05, 0) is 6.92 Å². The van der Waals surface area contributed by atoms with Crippen molar-refractivity contribution < 1.29 is 9.26 Å². The van der Waals surface area contributed by atoms with Crippen molar-refractivity contribution in [1.29, 1.82) is 0 Å². The maximum Gasteiger partial charge on any atom is 0.233 e. The number of nitrogens with zero attached hydrogens (tertiary/aromatic N) is 2. The predicted molar refractivity (Wildman–Crippen MR) is 45.3 cm³/mol. The van der Waals surface area contributed by atoms with Gasteiger partial charge in [0.15, 0.2) is 6.33 Å². The van der Waals surface area contributed by atoms with Gasteiger partial charge in [0.25, 0.3) is 0 Å². The number of nitrogens with one attached hydrogen (secondary N) is 1. The van der Waals surface area contributed by atoms with E-state index in [-0.39, 0.29) is 12.0 Å². The summed E-state index contributed by atoms with van der Waals surface area (Å²) in [5.74, 6) is 0.880. The van der Waals surface area contributed by atoms with Gasteiger partial charge in [-0.3, -0.25) is 0 Å². The third-order valence-corrected chi connectivity index (χ3v) is 2.23. The lowest BCUT2D eigenvalue weighted by molar-refractivity contribution is 0.0587. The summed E-state index contributed by atoms with van der Waals surface area (Å²) in [6.45, 7) is 4.42. The van der Waals surface area contributed by atoms with Gasteiger partial charge < -0.3 is 14.6 Å². The molecule has 0 aromatic carbocycles. The molecule has 72 valence electrons. The average molecular weight is 183 g/mol. The summed E-state index contributed by atoms with van der Waals surface area (Å²) in [5, 5.41) is 6.83. The van der Waals surface area contributed by atoms with Crippen LogP contribution in [0, 0.1) is 0 Å². The maximum atomic E-state index is 5.55. The van der Waals surface area contributed by atoms with E-state index in [1.54, 1.807) is 0 Å². The first-order valence-corrected chi connectivity index (χ1v) is 4.50. The van der Waals surface area contributed by atoms with Gasteiger partial charge in [-0.2, -0.15) is 4.98 Å². The predicted octanol–water partition coefficient (Wildman–Crippen LogP) is 0.161. The lowest BCUT2D eigenvalue weighted by Crippen LogP contribution is -2.21. The molecule has 1 N–H and O–H groups in total. The number of hydrogen-bond donors (Lipinski definition) is 1. The summed E-state index contributed by atoms with van der Waals surface area (Å²) in [4.78, 5) is 4.03. The molecule has 0 saturated carbocycles. The second kappa shape index (κ2) is 3.85. The Balaban J connectivity index is 2.05. The fraction of sp³-hybridized carbons (Fsp3) is 0.750. The normalized spacial score (nSPS) is 28.1. The van der Waals surface area contributed by atoms with Gasteiger partial charge in [-0.1, -0.05) is 5.16 Å². The molecule has 2 atom stereocenters. The monoisotopic (exact) mass is 183 g/mol. The Labute approximate surface area is 76.5 Å². The van der Waals surface area contributed by atoms with Crippen LogP contribution in [0.4, 0.5) is 0 Å².